The van der Waals surface area contributed by atoms with Gasteiger partial charge in [-0.3, -0.25) is 0 Å². The third-order valence-corrected chi connectivity index (χ3v) is 4.53. The summed E-state index contributed by atoms with van der Waals surface area (Å²) in [5.74, 6) is 0. The standard InChI is InChI=1S/C8H20N2O2S/c1-4-6-10(3)13(11,12)8(5-2)7-9/h8H,4-7,9H2,1-3H3. The summed E-state index contributed by atoms with van der Waals surface area (Å²) in [6.07, 6.45) is 1.41. The molecule has 4 nitrogen and oxygen atoms in total. The van der Waals surface area contributed by atoms with Crippen molar-refractivity contribution in [3.8, 4) is 0 Å². The molecule has 2 N–H and O–H groups in total. The summed E-state index contributed by atoms with van der Waals surface area (Å²) in [4.78, 5) is 0. The normalized spacial score (nSPS) is 14.8. The van der Waals surface area contributed by atoms with Gasteiger partial charge < -0.3 is 5.73 Å². The Hall–Kier alpha value is -0.130. The lowest BCUT2D eigenvalue weighted by molar-refractivity contribution is 0.455. The van der Waals surface area contributed by atoms with Crippen LogP contribution in [-0.4, -0.2) is 38.1 Å². The van der Waals surface area contributed by atoms with Crippen LogP contribution in [0.1, 0.15) is 26.7 Å². The average molecular weight is 208 g/mol. The Morgan fingerprint density at radius 3 is 2.23 bits per heavy atom. The monoisotopic (exact) mass is 208 g/mol. The van der Waals surface area contributed by atoms with Crippen LogP contribution in [0, 0.1) is 0 Å². The molecule has 1 unspecified atom stereocenters. The van der Waals surface area contributed by atoms with E-state index in [-0.39, 0.29) is 6.54 Å². The molecular weight excluding hydrogens is 188 g/mol. The van der Waals surface area contributed by atoms with Crippen molar-refractivity contribution in [2.75, 3.05) is 20.1 Å². The third-order valence-electron chi connectivity index (χ3n) is 2.11. The Bertz CT molecular complexity index is 222. The molecule has 0 saturated heterocycles. The third kappa shape index (κ3) is 3.25. The summed E-state index contributed by atoms with van der Waals surface area (Å²) < 4.78 is 24.9. The van der Waals surface area contributed by atoms with E-state index in [1.165, 1.54) is 4.31 Å². The van der Waals surface area contributed by atoms with Crippen molar-refractivity contribution in [2.24, 2.45) is 5.73 Å². The van der Waals surface area contributed by atoms with Gasteiger partial charge in [-0.2, -0.15) is 0 Å². The molecule has 0 radical (unpaired) electrons. The number of nitrogens with two attached hydrogens (primary N) is 1. The molecule has 0 spiro atoms. The molecule has 0 bridgehead atoms. The molecule has 0 aliphatic heterocycles. The van der Waals surface area contributed by atoms with Crippen molar-refractivity contribution in [1.82, 2.24) is 4.31 Å². The van der Waals surface area contributed by atoms with Gasteiger partial charge in [0, 0.05) is 20.1 Å². The van der Waals surface area contributed by atoms with Crippen LogP contribution >= 0.6 is 0 Å². The van der Waals surface area contributed by atoms with Crippen LogP contribution in [-0.2, 0) is 10.0 Å². The second-order valence-electron chi connectivity index (χ2n) is 3.13. The zero-order valence-electron chi connectivity index (χ0n) is 8.66. The van der Waals surface area contributed by atoms with E-state index in [4.69, 9.17) is 5.73 Å². The van der Waals surface area contributed by atoms with Gasteiger partial charge in [0.05, 0.1) is 5.25 Å². The molecule has 13 heavy (non-hydrogen) atoms. The van der Waals surface area contributed by atoms with E-state index < -0.39 is 15.3 Å². The summed E-state index contributed by atoms with van der Waals surface area (Å²) in [6.45, 7) is 4.57. The lowest BCUT2D eigenvalue weighted by atomic mass is 10.3. The predicted molar refractivity (Wildman–Crippen MR) is 55.0 cm³/mol. The highest BCUT2D eigenvalue weighted by Crippen LogP contribution is 2.09. The molecule has 1 atom stereocenters. The molecule has 0 aromatic carbocycles. The van der Waals surface area contributed by atoms with E-state index in [1.54, 1.807) is 7.05 Å². The first kappa shape index (κ1) is 12.9. The van der Waals surface area contributed by atoms with Gasteiger partial charge in [0.15, 0.2) is 0 Å². The zero-order valence-corrected chi connectivity index (χ0v) is 9.47. The van der Waals surface area contributed by atoms with E-state index in [0.29, 0.717) is 13.0 Å². The maximum Gasteiger partial charge on any atom is 0.217 e. The van der Waals surface area contributed by atoms with Crippen LogP contribution in [0.4, 0.5) is 0 Å². The van der Waals surface area contributed by atoms with Crippen LogP contribution in [0.15, 0.2) is 0 Å². The SMILES string of the molecule is CCCN(C)S(=O)(=O)C(CC)CN. The van der Waals surface area contributed by atoms with Gasteiger partial charge in [-0.05, 0) is 12.8 Å². The fraction of sp³-hybridized carbons (Fsp3) is 1.00. The Morgan fingerprint density at radius 2 is 1.92 bits per heavy atom. The van der Waals surface area contributed by atoms with Crippen LogP contribution in [0.25, 0.3) is 0 Å². The van der Waals surface area contributed by atoms with Gasteiger partial charge in [0.1, 0.15) is 0 Å². The van der Waals surface area contributed by atoms with Crippen molar-refractivity contribution in [2.45, 2.75) is 31.9 Å². The van der Waals surface area contributed by atoms with Crippen LogP contribution in [0.2, 0.25) is 0 Å². The average Bonchev–Trinajstić information content (AvgIpc) is 2.06. The highest BCUT2D eigenvalue weighted by Gasteiger charge is 2.26. The highest BCUT2D eigenvalue weighted by atomic mass is 32.2. The summed E-state index contributed by atoms with van der Waals surface area (Å²) in [7, 11) is -1.55. The molecule has 0 saturated carbocycles. The van der Waals surface area contributed by atoms with Crippen molar-refractivity contribution in [3.63, 3.8) is 0 Å². The minimum Gasteiger partial charge on any atom is -0.329 e. The van der Waals surface area contributed by atoms with Gasteiger partial charge in [-0.1, -0.05) is 13.8 Å². The smallest absolute Gasteiger partial charge is 0.217 e. The first-order valence-corrected chi connectivity index (χ1v) is 6.16. The Kier molecular flexibility index (Phi) is 5.51. The van der Waals surface area contributed by atoms with Crippen LogP contribution < -0.4 is 5.73 Å². The summed E-state index contributed by atoms with van der Waals surface area (Å²) in [6, 6.07) is 0. The van der Waals surface area contributed by atoms with Crippen molar-refractivity contribution < 1.29 is 8.42 Å². The second-order valence-corrected chi connectivity index (χ2v) is 5.45. The molecule has 0 heterocycles. The summed E-state index contributed by atoms with van der Waals surface area (Å²) >= 11 is 0. The molecule has 0 rings (SSSR count). The van der Waals surface area contributed by atoms with E-state index in [9.17, 15) is 8.42 Å². The minimum absolute atomic E-state index is 0.201. The molecular formula is C8H20N2O2S. The lowest BCUT2D eigenvalue weighted by Crippen LogP contribution is -2.40. The molecule has 0 aliphatic carbocycles. The van der Waals surface area contributed by atoms with E-state index >= 15 is 0 Å². The molecule has 0 amide bonds. The summed E-state index contributed by atoms with van der Waals surface area (Å²) in [5, 5.41) is -0.427. The van der Waals surface area contributed by atoms with Gasteiger partial charge in [-0.15, -0.1) is 0 Å². The molecule has 0 aromatic heterocycles. The number of sulfonamides is 1. The van der Waals surface area contributed by atoms with E-state index in [2.05, 4.69) is 0 Å². The van der Waals surface area contributed by atoms with Crippen LogP contribution in [0.3, 0.4) is 0 Å². The van der Waals surface area contributed by atoms with Gasteiger partial charge in [0.25, 0.3) is 0 Å². The fourth-order valence-corrected chi connectivity index (χ4v) is 2.81. The Morgan fingerprint density at radius 1 is 1.38 bits per heavy atom. The van der Waals surface area contributed by atoms with E-state index in [1.807, 2.05) is 13.8 Å². The number of hydrogen-bond acceptors (Lipinski definition) is 3. The molecule has 5 heteroatoms. The lowest BCUT2D eigenvalue weighted by Gasteiger charge is -2.21. The summed E-state index contributed by atoms with van der Waals surface area (Å²) in [5.41, 5.74) is 5.40. The maximum absolute atomic E-state index is 11.7. The number of hydrogen-bond donors (Lipinski definition) is 1. The first-order valence-electron chi connectivity index (χ1n) is 4.65. The van der Waals surface area contributed by atoms with Crippen molar-refractivity contribution >= 4 is 10.0 Å². The molecule has 0 aromatic rings. The van der Waals surface area contributed by atoms with Crippen molar-refractivity contribution in [3.05, 3.63) is 0 Å². The molecule has 80 valence electrons. The minimum atomic E-state index is -3.16. The van der Waals surface area contributed by atoms with Gasteiger partial charge >= 0.3 is 0 Å². The quantitative estimate of drug-likeness (QED) is 0.687. The predicted octanol–water partition coefficient (Wildman–Crippen LogP) is 0.395. The topological polar surface area (TPSA) is 63.4 Å². The first-order chi connectivity index (χ1) is 6.00. The Balaban J connectivity index is 4.53. The van der Waals surface area contributed by atoms with Gasteiger partial charge in [0.2, 0.25) is 10.0 Å². The largest absolute Gasteiger partial charge is 0.329 e. The van der Waals surface area contributed by atoms with Gasteiger partial charge in [-0.25, -0.2) is 12.7 Å². The Labute approximate surface area is 81.2 Å². The second kappa shape index (κ2) is 5.57. The highest BCUT2D eigenvalue weighted by molar-refractivity contribution is 7.89. The molecule has 0 fully saturated rings. The van der Waals surface area contributed by atoms with Crippen LogP contribution in [0.5, 0.6) is 0 Å². The van der Waals surface area contributed by atoms with Crippen molar-refractivity contribution in [1.29, 1.82) is 0 Å². The molecule has 0 aliphatic rings. The number of rotatable bonds is 6. The maximum atomic E-state index is 11.7. The number of nitrogens with zero attached hydrogens (tertiary/aromatic N) is 1. The fourth-order valence-electron chi connectivity index (χ4n) is 1.20. The van der Waals surface area contributed by atoms with E-state index in [0.717, 1.165) is 6.42 Å². The zero-order chi connectivity index (χ0) is 10.5.